The Morgan fingerprint density at radius 2 is 2.33 bits per heavy atom. The first-order valence-corrected chi connectivity index (χ1v) is 6.90. The summed E-state index contributed by atoms with van der Waals surface area (Å²) in [6, 6.07) is 8.54. The summed E-state index contributed by atoms with van der Waals surface area (Å²) in [6.07, 6.45) is 1.84. The van der Waals surface area contributed by atoms with Crippen LogP contribution in [-0.2, 0) is 5.75 Å². The lowest BCUT2D eigenvalue weighted by molar-refractivity contribution is 0.931. The first-order chi connectivity index (χ1) is 8.76. The quantitative estimate of drug-likeness (QED) is 0.280. The minimum Gasteiger partial charge on any atom is -0.355 e. The van der Waals surface area contributed by atoms with E-state index in [1.54, 1.807) is 7.05 Å². The largest absolute Gasteiger partial charge is 0.355 e. The Balaban J connectivity index is 2.18. The summed E-state index contributed by atoms with van der Waals surface area (Å²) < 4.78 is 0. The Hall–Kier alpha value is -1.67. The van der Waals surface area contributed by atoms with Crippen molar-refractivity contribution < 1.29 is 0 Å². The normalized spacial score (nSPS) is 10.8. The minimum atomic E-state index is 0.522. The summed E-state index contributed by atoms with van der Waals surface area (Å²) in [5, 5.41) is 14.0. The smallest absolute Gasteiger partial charge is 0.204 e. The molecule has 5 heteroatoms. The highest BCUT2D eigenvalue weighted by atomic mass is 32.2. The van der Waals surface area contributed by atoms with E-state index in [2.05, 4.69) is 46.8 Å². The van der Waals surface area contributed by atoms with E-state index < -0.39 is 0 Å². The molecule has 0 radical (unpaired) electrons. The highest BCUT2D eigenvalue weighted by molar-refractivity contribution is 7.98. The van der Waals surface area contributed by atoms with Crippen molar-refractivity contribution in [2.24, 2.45) is 4.99 Å². The van der Waals surface area contributed by atoms with Crippen molar-refractivity contribution in [3.05, 3.63) is 35.4 Å². The zero-order valence-electron chi connectivity index (χ0n) is 10.7. The van der Waals surface area contributed by atoms with Gasteiger partial charge >= 0.3 is 0 Å². The van der Waals surface area contributed by atoms with Gasteiger partial charge in [0, 0.05) is 25.1 Å². The van der Waals surface area contributed by atoms with Crippen LogP contribution in [0.25, 0.3) is 0 Å². The monoisotopic (exact) mass is 262 g/mol. The molecule has 18 heavy (non-hydrogen) atoms. The summed E-state index contributed by atoms with van der Waals surface area (Å²) in [4.78, 5) is 3.91. The molecule has 0 spiro atoms. The van der Waals surface area contributed by atoms with Gasteiger partial charge in [0.05, 0.1) is 0 Å². The number of nitrogens with zero attached hydrogens (tertiary/aromatic N) is 2. The molecule has 0 aromatic heterocycles. The molecule has 2 N–H and O–H groups in total. The van der Waals surface area contributed by atoms with Crippen LogP contribution in [-0.4, -0.2) is 25.3 Å². The van der Waals surface area contributed by atoms with Crippen LogP contribution in [0.4, 0.5) is 0 Å². The second kappa shape index (κ2) is 8.43. The van der Waals surface area contributed by atoms with E-state index in [0.29, 0.717) is 5.96 Å². The molecule has 96 valence electrons. The van der Waals surface area contributed by atoms with Crippen LogP contribution < -0.4 is 10.6 Å². The van der Waals surface area contributed by atoms with Gasteiger partial charge in [-0.2, -0.15) is 17.0 Å². The Labute approximate surface area is 112 Å². The van der Waals surface area contributed by atoms with Crippen LogP contribution >= 0.6 is 11.8 Å². The van der Waals surface area contributed by atoms with Gasteiger partial charge in [-0.05, 0) is 12.5 Å². The van der Waals surface area contributed by atoms with E-state index in [0.717, 1.165) is 18.1 Å². The van der Waals surface area contributed by atoms with E-state index in [1.165, 1.54) is 11.1 Å². The summed E-state index contributed by atoms with van der Waals surface area (Å²) >= 11 is 1.86. The third-order valence-corrected chi connectivity index (χ3v) is 3.32. The third kappa shape index (κ3) is 5.60. The van der Waals surface area contributed by atoms with Crippen LogP contribution in [0.15, 0.2) is 29.3 Å². The number of nitrogens with one attached hydrogen (secondary N) is 2. The molecular weight excluding hydrogens is 244 g/mol. The molecule has 0 heterocycles. The Bertz CT molecular complexity index is 437. The van der Waals surface area contributed by atoms with Crippen LogP contribution in [0, 0.1) is 18.4 Å². The van der Waals surface area contributed by atoms with Gasteiger partial charge in [0.1, 0.15) is 0 Å². The molecule has 0 aliphatic carbocycles. The summed E-state index contributed by atoms with van der Waals surface area (Å²) in [5.41, 5.74) is 2.64. The van der Waals surface area contributed by atoms with E-state index in [4.69, 9.17) is 5.26 Å². The molecule has 0 fully saturated rings. The maximum absolute atomic E-state index is 8.46. The Morgan fingerprint density at radius 3 is 3.00 bits per heavy atom. The zero-order valence-corrected chi connectivity index (χ0v) is 11.5. The number of hydrogen-bond acceptors (Lipinski definition) is 3. The maximum Gasteiger partial charge on any atom is 0.204 e. The van der Waals surface area contributed by atoms with Gasteiger partial charge in [-0.15, -0.1) is 0 Å². The zero-order chi connectivity index (χ0) is 13.2. The first kappa shape index (κ1) is 14.4. The fourth-order valence-electron chi connectivity index (χ4n) is 1.47. The van der Waals surface area contributed by atoms with Gasteiger partial charge in [-0.3, -0.25) is 10.3 Å². The molecule has 1 aromatic carbocycles. The number of aryl methyl sites for hydroxylation is 1. The van der Waals surface area contributed by atoms with Crippen LogP contribution in [0.5, 0.6) is 0 Å². The molecule has 0 atom stereocenters. The van der Waals surface area contributed by atoms with Crippen molar-refractivity contribution in [1.29, 1.82) is 5.26 Å². The van der Waals surface area contributed by atoms with Gasteiger partial charge in [0.15, 0.2) is 6.19 Å². The fraction of sp³-hybridized carbons (Fsp3) is 0.385. The van der Waals surface area contributed by atoms with Crippen LogP contribution in [0.1, 0.15) is 11.1 Å². The number of guanidine groups is 1. The predicted molar refractivity (Wildman–Crippen MR) is 77.5 cm³/mol. The van der Waals surface area contributed by atoms with Crippen molar-refractivity contribution in [2.45, 2.75) is 12.7 Å². The second-order valence-electron chi connectivity index (χ2n) is 3.78. The van der Waals surface area contributed by atoms with Gasteiger partial charge in [0.2, 0.25) is 5.96 Å². The Morgan fingerprint density at radius 1 is 1.50 bits per heavy atom. The van der Waals surface area contributed by atoms with Gasteiger partial charge in [0.25, 0.3) is 0 Å². The lowest BCUT2D eigenvalue weighted by Crippen LogP contribution is -2.35. The number of thioether (sulfide) groups is 1. The number of benzene rings is 1. The summed E-state index contributed by atoms with van der Waals surface area (Å²) in [7, 11) is 1.65. The number of aliphatic imine (C=N–C) groups is 1. The molecular formula is C13H18N4S. The lowest BCUT2D eigenvalue weighted by atomic mass is 10.2. The third-order valence-electron chi connectivity index (χ3n) is 2.29. The van der Waals surface area contributed by atoms with Crippen LogP contribution in [0.3, 0.4) is 0 Å². The molecule has 0 aliphatic heterocycles. The molecule has 0 unspecified atom stereocenters. The van der Waals surface area contributed by atoms with Crippen LogP contribution in [0.2, 0.25) is 0 Å². The van der Waals surface area contributed by atoms with E-state index >= 15 is 0 Å². The van der Waals surface area contributed by atoms with E-state index in [9.17, 15) is 0 Å². The molecule has 0 amide bonds. The van der Waals surface area contributed by atoms with Crippen molar-refractivity contribution in [3.63, 3.8) is 0 Å². The standard InChI is InChI=1S/C13H18N4S/c1-11-4-3-5-12(8-11)9-18-7-6-16-13(15-2)17-10-14/h3-5,8H,6-7,9H2,1-2H3,(H2,15,16,17). The van der Waals surface area contributed by atoms with E-state index in [1.807, 2.05) is 18.0 Å². The lowest BCUT2D eigenvalue weighted by Gasteiger charge is -2.07. The van der Waals surface area contributed by atoms with Crippen molar-refractivity contribution >= 4 is 17.7 Å². The SMILES string of the molecule is CN=C(NC#N)NCCSCc1cccc(C)c1. The Kier molecular flexibility index (Phi) is 6.74. The number of nitriles is 1. The molecule has 1 aromatic rings. The summed E-state index contributed by atoms with van der Waals surface area (Å²) in [6.45, 7) is 2.89. The predicted octanol–water partition coefficient (Wildman–Crippen LogP) is 1.87. The van der Waals surface area contributed by atoms with E-state index in [-0.39, 0.29) is 0 Å². The van der Waals surface area contributed by atoms with Gasteiger partial charge in [-0.25, -0.2) is 0 Å². The van der Waals surface area contributed by atoms with Crippen molar-refractivity contribution in [3.8, 4) is 6.19 Å². The highest BCUT2D eigenvalue weighted by Crippen LogP contribution is 2.12. The average molecular weight is 262 g/mol. The minimum absolute atomic E-state index is 0.522. The first-order valence-electron chi connectivity index (χ1n) is 5.75. The van der Waals surface area contributed by atoms with Gasteiger partial charge in [-0.1, -0.05) is 29.8 Å². The second-order valence-corrected chi connectivity index (χ2v) is 4.88. The maximum atomic E-state index is 8.46. The number of hydrogen-bond donors (Lipinski definition) is 2. The molecule has 0 saturated carbocycles. The van der Waals surface area contributed by atoms with Crippen molar-refractivity contribution in [1.82, 2.24) is 10.6 Å². The molecule has 0 aliphatic rings. The topological polar surface area (TPSA) is 60.2 Å². The average Bonchev–Trinajstić information content (AvgIpc) is 2.37. The molecule has 0 saturated heterocycles. The van der Waals surface area contributed by atoms with Gasteiger partial charge < -0.3 is 5.32 Å². The molecule has 4 nitrogen and oxygen atoms in total. The molecule has 0 bridgehead atoms. The summed E-state index contributed by atoms with van der Waals surface area (Å²) in [5.74, 6) is 2.50. The highest BCUT2D eigenvalue weighted by Gasteiger charge is 1.96. The fourth-order valence-corrected chi connectivity index (χ4v) is 2.27. The molecule has 1 rings (SSSR count). The van der Waals surface area contributed by atoms with Crippen molar-refractivity contribution in [2.75, 3.05) is 19.3 Å². The number of rotatable bonds is 5.